The fourth-order valence-electron chi connectivity index (χ4n) is 2.29. The fourth-order valence-corrected chi connectivity index (χ4v) is 2.49. The maximum Gasteiger partial charge on any atom is 0.270 e. The Labute approximate surface area is 121 Å². The quantitative estimate of drug-likeness (QED) is 0.661. The topological polar surface area (TPSA) is 84.3 Å². The smallest absolute Gasteiger partial charge is 0.270 e. The van der Waals surface area contributed by atoms with E-state index in [2.05, 4.69) is 10.6 Å². The molecule has 1 heterocycles. The van der Waals surface area contributed by atoms with Gasteiger partial charge in [-0.2, -0.15) is 0 Å². The molecule has 1 saturated heterocycles. The van der Waals surface area contributed by atoms with E-state index in [-0.39, 0.29) is 34.3 Å². The summed E-state index contributed by atoms with van der Waals surface area (Å²) >= 11 is 5.95. The Morgan fingerprint density at radius 3 is 2.95 bits per heavy atom. The van der Waals surface area contributed by atoms with Gasteiger partial charge in [0.05, 0.1) is 15.5 Å². The van der Waals surface area contributed by atoms with Gasteiger partial charge in [-0.15, -0.1) is 0 Å². The van der Waals surface area contributed by atoms with Crippen molar-refractivity contribution in [3.63, 3.8) is 0 Å². The lowest BCUT2D eigenvalue weighted by Crippen LogP contribution is -2.51. The first kappa shape index (κ1) is 14.7. The molecule has 0 aliphatic carbocycles. The van der Waals surface area contributed by atoms with Gasteiger partial charge < -0.3 is 10.6 Å². The maximum absolute atomic E-state index is 12.2. The van der Waals surface area contributed by atoms with E-state index in [1.807, 2.05) is 6.92 Å². The van der Waals surface area contributed by atoms with Gasteiger partial charge in [-0.25, -0.2) is 0 Å². The third-order valence-corrected chi connectivity index (χ3v) is 3.81. The molecule has 1 aliphatic rings. The number of nitro benzene ring substituents is 1. The molecule has 0 aromatic heterocycles. The van der Waals surface area contributed by atoms with Crippen molar-refractivity contribution in [1.82, 2.24) is 10.6 Å². The second kappa shape index (κ2) is 6.19. The molecule has 2 rings (SSSR count). The monoisotopic (exact) mass is 297 g/mol. The van der Waals surface area contributed by atoms with Crippen LogP contribution in [0.5, 0.6) is 0 Å². The zero-order chi connectivity index (χ0) is 14.7. The lowest BCUT2D eigenvalue weighted by Gasteiger charge is -2.30. The first-order valence-corrected chi connectivity index (χ1v) is 6.85. The summed E-state index contributed by atoms with van der Waals surface area (Å²) in [5, 5.41) is 17.1. The molecular weight excluding hydrogens is 282 g/mol. The summed E-state index contributed by atoms with van der Waals surface area (Å²) in [6.45, 7) is 2.93. The normalized spacial score (nSPS) is 22.3. The Morgan fingerprint density at radius 2 is 2.30 bits per heavy atom. The molecule has 1 fully saturated rings. The minimum Gasteiger partial charge on any atom is -0.348 e. The second-order valence-electron chi connectivity index (χ2n) is 4.89. The molecule has 6 nitrogen and oxygen atoms in total. The number of nitrogens with one attached hydrogen (secondary N) is 2. The number of non-ortho nitro benzene ring substituents is 1. The van der Waals surface area contributed by atoms with Crippen LogP contribution >= 0.6 is 11.6 Å². The van der Waals surface area contributed by atoms with Crippen LogP contribution in [-0.4, -0.2) is 29.5 Å². The highest BCUT2D eigenvalue weighted by molar-refractivity contribution is 6.33. The molecule has 108 valence electrons. The van der Waals surface area contributed by atoms with Gasteiger partial charge in [0, 0.05) is 24.2 Å². The van der Waals surface area contributed by atoms with Gasteiger partial charge in [-0.1, -0.05) is 11.6 Å². The third kappa shape index (κ3) is 3.26. The van der Waals surface area contributed by atoms with Crippen molar-refractivity contribution < 1.29 is 9.72 Å². The number of hydrogen-bond acceptors (Lipinski definition) is 4. The molecule has 2 unspecified atom stereocenters. The summed E-state index contributed by atoms with van der Waals surface area (Å²) in [4.78, 5) is 22.4. The lowest BCUT2D eigenvalue weighted by atomic mass is 9.99. The predicted molar refractivity (Wildman–Crippen MR) is 76.1 cm³/mol. The number of amides is 1. The Morgan fingerprint density at radius 1 is 1.55 bits per heavy atom. The molecule has 20 heavy (non-hydrogen) atoms. The second-order valence-corrected chi connectivity index (χ2v) is 5.29. The van der Waals surface area contributed by atoms with Crippen LogP contribution in [0.15, 0.2) is 18.2 Å². The van der Waals surface area contributed by atoms with E-state index in [1.54, 1.807) is 0 Å². The van der Waals surface area contributed by atoms with Crippen LogP contribution < -0.4 is 10.6 Å². The minimum absolute atomic E-state index is 0.00609. The number of carbonyl (C=O) groups is 1. The van der Waals surface area contributed by atoms with Crippen molar-refractivity contribution in [3.8, 4) is 0 Å². The van der Waals surface area contributed by atoms with Gasteiger partial charge >= 0.3 is 0 Å². The van der Waals surface area contributed by atoms with Gasteiger partial charge in [0.15, 0.2) is 0 Å². The zero-order valence-corrected chi connectivity index (χ0v) is 11.8. The van der Waals surface area contributed by atoms with Crippen LogP contribution in [-0.2, 0) is 0 Å². The third-order valence-electron chi connectivity index (χ3n) is 3.48. The van der Waals surface area contributed by atoms with Crippen LogP contribution in [0, 0.1) is 10.1 Å². The van der Waals surface area contributed by atoms with E-state index >= 15 is 0 Å². The van der Waals surface area contributed by atoms with E-state index in [0.717, 1.165) is 19.4 Å². The number of nitro groups is 1. The van der Waals surface area contributed by atoms with Crippen LogP contribution in [0.1, 0.15) is 30.1 Å². The standard InChI is InChI=1S/C13H16ClN3O3/c1-8-12(3-2-6-15-8)16-13(18)10-7-9(17(19)20)4-5-11(10)14/h4-5,7-8,12,15H,2-3,6H2,1H3,(H,16,18). The summed E-state index contributed by atoms with van der Waals surface area (Å²) in [5.41, 5.74) is -0.00647. The molecule has 1 aromatic carbocycles. The van der Waals surface area contributed by atoms with Crippen molar-refractivity contribution in [2.24, 2.45) is 0 Å². The Hall–Kier alpha value is -1.66. The van der Waals surface area contributed by atoms with Crippen LogP contribution in [0.25, 0.3) is 0 Å². The summed E-state index contributed by atoms with van der Waals surface area (Å²) in [6, 6.07) is 4.04. The van der Waals surface area contributed by atoms with E-state index < -0.39 is 4.92 Å². The van der Waals surface area contributed by atoms with Crippen molar-refractivity contribution in [1.29, 1.82) is 0 Å². The van der Waals surface area contributed by atoms with Gasteiger partial charge in [0.1, 0.15) is 0 Å². The van der Waals surface area contributed by atoms with Crippen LogP contribution in [0.3, 0.4) is 0 Å². The van der Waals surface area contributed by atoms with Crippen molar-refractivity contribution in [3.05, 3.63) is 38.9 Å². The average molecular weight is 298 g/mol. The maximum atomic E-state index is 12.2. The van der Waals surface area contributed by atoms with Gasteiger partial charge in [-0.3, -0.25) is 14.9 Å². The lowest BCUT2D eigenvalue weighted by molar-refractivity contribution is -0.384. The Kier molecular flexibility index (Phi) is 4.57. The highest BCUT2D eigenvalue weighted by atomic mass is 35.5. The number of piperidine rings is 1. The fraction of sp³-hybridized carbons (Fsp3) is 0.462. The van der Waals surface area contributed by atoms with Crippen LogP contribution in [0.2, 0.25) is 5.02 Å². The minimum atomic E-state index is -0.544. The number of nitrogens with zero attached hydrogens (tertiary/aromatic N) is 1. The molecule has 0 spiro atoms. The summed E-state index contributed by atoms with van der Waals surface area (Å²) in [5.74, 6) is -0.376. The molecule has 1 aromatic rings. The number of halogens is 1. The molecule has 2 N–H and O–H groups in total. The first-order chi connectivity index (χ1) is 9.49. The summed E-state index contributed by atoms with van der Waals surface area (Å²) < 4.78 is 0. The Balaban J connectivity index is 2.16. The first-order valence-electron chi connectivity index (χ1n) is 6.47. The highest BCUT2D eigenvalue weighted by Gasteiger charge is 2.24. The summed E-state index contributed by atoms with van der Waals surface area (Å²) in [7, 11) is 0. The van der Waals surface area contributed by atoms with E-state index in [1.165, 1.54) is 18.2 Å². The predicted octanol–water partition coefficient (Wildman–Crippen LogP) is 2.12. The van der Waals surface area contributed by atoms with Crippen molar-refractivity contribution >= 4 is 23.2 Å². The number of hydrogen-bond donors (Lipinski definition) is 2. The molecule has 1 aliphatic heterocycles. The molecule has 1 amide bonds. The molecule has 0 radical (unpaired) electrons. The molecular formula is C13H16ClN3O3. The van der Waals surface area contributed by atoms with E-state index in [0.29, 0.717) is 0 Å². The molecule has 7 heteroatoms. The van der Waals surface area contributed by atoms with E-state index in [4.69, 9.17) is 11.6 Å². The van der Waals surface area contributed by atoms with Gasteiger partial charge in [0.2, 0.25) is 0 Å². The van der Waals surface area contributed by atoms with E-state index in [9.17, 15) is 14.9 Å². The molecule has 0 bridgehead atoms. The average Bonchev–Trinajstić information content (AvgIpc) is 2.41. The largest absolute Gasteiger partial charge is 0.348 e. The van der Waals surface area contributed by atoms with Crippen molar-refractivity contribution in [2.45, 2.75) is 31.8 Å². The van der Waals surface area contributed by atoms with Gasteiger partial charge in [0.25, 0.3) is 11.6 Å². The summed E-state index contributed by atoms with van der Waals surface area (Å²) in [6.07, 6.45) is 1.87. The molecule has 2 atom stereocenters. The number of benzene rings is 1. The SMILES string of the molecule is CC1NCCCC1NC(=O)c1cc([N+](=O)[O-])ccc1Cl. The molecule has 0 saturated carbocycles. The Bertz CT molecular complexity index is 536. The zero-order valence-electron chi connectivity index (χ0n) is 11.1. The number of carbonyl (C=O) groups excluding carboxylic acids is 1. The van der Waals surface area contributed by atoms with Crippen molar-refractivity contribution in [2.75, 3.05) is 6.54 Å². The highest BCUT2D eigenvalue weighted by Crippen LogP contribution is 2.22. The van der Waals surface area contributed by atoms with Gasteiger partial charge in [-0.05, 0) is 32.4 Å². The number of rotatable bonds is 3. The van der Waals surface area contributed by atoms with Crippen LogP contribution in [0.4, 0.5) is 5.69 Å².